The molecular formula is C27H36FN5O3. The summed E-state index contributed by atoms with van der Waals surface area (Å²) in [6.45, 7) is 4.28. The van der Waals surface area contributed by atoms with Crippen molar-refractivity contribution >= 4 is 23.5 Å². The number of hydrogen-bond donors (Lipinski definition) is 2. The summed E-state index contributed by atoms with van der Waals surface area (Å²) in [6.07, 6.45) is 8.42. The van der Waals surface area contributed by atoms with E-state index >= 15 is 0 Å². The van der Waals surface area contributed by atoms with Crippen LogP contribution in [0.3, 0.4) is 0 Å². The summed E-state index contributed by atoms with van der Waals surface area (Å²) in [7, 11) is 0. The number of nitrogens with one attached hydrogen (secondary N) is 2. The number of amides is 3. The Balaban J connectivity index is 1.51. The van der Waals surface area contributed by atoms with Crippen LogP contribution in [0.4, 0.5) is 10.2 Å². The standard InChI is InChI=1S/C27H36FN5O3/c1-3-18(2)25(34)31-24(19-10-5-4-6-11-19)27(36)32-17-9-14-22(32)26(35)30-23-15-16-29-33(23)21-13-8-7-12-20(21)28/h7-8,12-13,15-16,18-19,22,24H,3-6,9-11,14,17H2,1-2H3,(H,30,35)(H,31,34)/t18-,22+,24+/m1/s1. The Morgan fingerprint density at radius 1 is 1.08 bits per heavy atom. The van der Waals surface area contributed by atoms with Gasteiger partial charge in [0.1, 0.15) is 29.4 Å². The lowest BCUT2D eigenvalue weighted by atomic mass is 9.83. The fraction of sp³-hybridized carbons (Fsp3) is 0.556. The van der Waals surface area contributed by atoms with Crippen LogP contribution in [0.5, 0.6) is 0 Å². The highest BCUT2D eigenvalue weighted by Crippen LogP contribution is 2.30. The first-order chi connectivity index (χ1) is 17.4. The topological polar surface area (TPSA) is 96.3 Å². The number of para-hydroxylation sites is 1. The van der Waals surface area contributed by atoms with E-state index in [9.17, 15) is 18.8 Å². The lowest BCUT2D eigenvalue weighted by Crippen LogP contribution is -2.56. The van der Waals surface area contributed by atoms with Crippen LogP contribution in [0.2, 0.25) is 0 Å². The van der Waals surface area contributed by atoms with Crippen molar-refractivity contribution in [2.75, 3.05) is 11.9 Å². The molecule has 3 atom stereocenters. The minimum atomic E-state index is -0.659. The van der Waals surface area contributed by atoms with E-state index in [1.165, 1.54) is 16.9 Å². The number of rotatable bonds is 8. The van der Waals surface area contributed by atoms with Crippen molar-refractivity contribution < 1.29 is 18.8 Å². The highest BCUT2D eigenvalue weighted by atomic mass is 19.1. The maximum Gasteiger partial charge on any atom is 0.248 e. The molecule has 2 aliphatic rings. The molecule has 1 saturated carbocycles. The van der Waals surface area contributed by atoms with E-state index in [2.05, 4.69) is 15.7 Å². The van der Waals surface area contributed by atoms with Gasteiger partial charge in [0.15, 0.2) is 0 Å². The van der Waals surface area contributed by atoms with Gasteiger partial charge in [-0.1, -0.05) is 45.2 Å². The van der Waals surface area contributed by atoms with Crippen molar-refractivity contribution in [1.82, 2.24) is 20.0 Å². The van der Waals surface area contributed by atoms with Gasteiger partial charge in [-0.2, -0.15) is 5.10 Å². The molecule has 2 fully saturated rings. The maximum absolute atomic E-state index is 14.3. The third kappa shape index (κ3) is 5.60. The first-order valence-electron chi connectivity index (χ1n) is 13.1. The predicted octanol–water partition coefficient (Wildman–Crippen LogP) is 4.05. The van der Waals surface area contributed by atoms with Gasteiger partial charge in [0.05, 0.1) is 6.20 Å². The number of nitrogens with zero attached hydrogens (tertiary/aromatic N) is 3. The van der Waals surface area contributed by atoms with Crippen LogP contribution < -0.4 is 10.6 Å². The first kappa shape index (κ1) is 25.9. The Morgan fingerprint density at radius 3 is 2.56 bits per heavy atom. The number of hydrogen-bond acceptors (Lipinski definition) is 4. The molecule has 3 amide bonds. The van der Waals surface area contributed by atoms with Gasteiger partial charge in [0.2, 0.25) is 17.7 Å². The smallest absolute Gasteiger partial charge is 0.248 e. The van der Waals surface area contributed by atoms with Gasteiger partial charge in [-0.05, 0) is 50.2 Å². The molecule has 1 aliphatic heterocycles. The minimum Gasteiger partial charge on any atom is -0.344 e. The molecule has 2 N–H and O–H groups in total. The minimum absolute atomic E-state index is 0.0751. The summed E-state index contributed by atoms with van der Waals surface area (Å²) >= 11 is 0. The van der Waals surface area contributed by atoms with Gasteiger partial charge in [-0.25, -0.2) is 9.07 Å². The van der Waals surface area contributed by atoms with E-state index < -0.39 is 17.9 Å². The van der Waals surface area contributed by atoms with E-state index in [1.54, 1.807) is 29.2 Å². The average molecular weight is 498 g/mol. The van der Waals surface area contributed by atoms with Crippen LogP contribution in [0.15, 0.2) is 36.5 Å². The third-order valence-electron chi connectivity index (χ3n) is 7.56. The van der Waals surface area contributed by atoms with E-state index in [-0.39, 0.29) is 35.2 Å². The number of likely N-dealkylation sites (tertiary alicyclic amines) is 1. The van der Waals surface area contributed by atoms with Crippen LogP contribution in [0.25, 0.3) is 5.69 Å². The molecule has 36 heavy (non-hydrogen) atoms. The van der Waals surface area contributed by atoms with Crippen molar-refractivity contribution in [3.8, 4) is 5.69 Å². The van der Waals surface area contributed by atoms with Crippen molar-refractivity contribution in [2.24, 2.45) is 11.8 Å². The summed E-state index contributed by atoms with van der Waals surface area (Å²) in [6, 6.07) is 6.52. The normalized spacial score (nSPS) is 20.1. The predicted molar refractivity (Wildman–Crippen MR) is 135 cm³/mol. The van der Waals surface area contributed by atoms with Gasteiger partial charge >= 0.3 is 0 Å². The fourth-order valence-corrected chi connectivity index (χ4v) is 5.23. The van der Waals surface area contributed by atoms with Gasteiger partial charge in [0.25, 0.3) is 0 Å². The van der Waals surface area contributed by atoms with Crippen molar-refractivity contribution in [3.05, 3.63) is 42.3 Å². The molecule has 0 spiro atoms. The van der Waals surface area contributed by atoms with E-state index in [4.69, 9.17) is 0 Å². The Hall–Kier alpha value is -3.23. The fourth-order valence-electron chi connectivity index (χ4n) is 5.23. The molecule has 2 aromatic rings. The molecule has 194 valence electrons. The monoisotopic (exact) mass is 497 g/mol. The first-order valence-corrected chi connectivity index (χ1v) is 13.1. The lowest BCUT2D eigenvalue weighted by Gasteiger charge is -2.35. The molecular weight excluding hydrogens is 461 g/mol. The quantitative estimate of drug-likeness (QED) is 0.575. The Morgan fingerprint density at radius 2 is 1.83 bits per heavy atom. The van der Waals surface area contributed by atoms with Crippen LogP contribution in [0.1, 0.15) is 65.2 Å². The summed E-state index contributed by atoms with van der Waals surface area (Å²) in [5.41, 5.74) is 0.224. The highest BCUT2D eigenvalue weighted by Gasteiger charge is 2.41. The Bertz CT molecular complexity index is 1080. The summed E-state index contributed by atoms with van der Waals surface area (Å²) in [5, 5.41) is 10.0. The molecule has 4 rings (SSSR count). The second kappa shape index (κ2) is 11.7. The highest BCUT2D eigenvalue weighted by molar-refractivity contribution is 5.98. The van der Waals surface area contributed by atoms with Crippen molar-refractivity contribution in [2.45, 2.75) is 77.3 Å². The number of carbonyl (C=O) groups is 3. The van der Waals surface area contributed by atoms with Crippen LogP contribution in [-0.4, -0.2) is 51.0 Å². The summed E-state index contributed by atoms with van der Waals surface area (Å²) in [4.78, 5) is 41.5. The lowest BCUT2D eigenvalue weighted by molar-refractivity contribution is -0.142. The zero-order valence-electron chi connectivity index (χ0n) is 21.1. The molecule has 1 saturated heterocycles. The van der Waals surface area contributed by atoms with Crippen LogP contribution in [-0.2, 0) is 14.4 Å². The molecule has 1 aromatic carbocycles. The van der Waals surface area contributed by atoms with Gasteiger partial charge in [0, 0.05) is 18.5 Å². The zero-order chi connectivity index (χ0) is 25.7. The molecule has 1 aromatic heterocycles. The second-order valence-electron chi connectivity index (χ2n) is 9.95. The number of benzene rings is 1. The zero-order valence-corrected chi connectivity index (χ0v) is 21.1. The maximum atomic E-state index is 14.3. The van der Waals surface area contributed by atoms with Crippen LogP contribution in [0, 0.1) is 17.7 Å². The Kier molecular flexibility index (Phi) is 8.38. The number of aromatic nitrogens is 2. The van der Waals surface area contributed by atoms with Crippen molar-refractivity contribution in [1.29, 1.82) is 0 Å². The number of halogens is 1. The van der Waals surface area contributed by atoms with Gasteiger partial charge in [-0.3, -0.25) is 14.4 Å². The Labute approximate surface area is 211 Å². The van der Waals surface area contributed by atoms with E-state index in [0.29, 0.717) is 31.6 Å². The molecule has 1 aliphatic carbocycles. The van der Waals surface area contributed by atoms with Crippen molar-refractivity contribution in [3.63, 3.8) is 0 Å². The average Bonchev–Trinajstić information content (AvgIpc) is 3.57. The SMILES string of the molecule is CC[C@@H](C)C(=O)N[C@H](C(=O)N1CCC[C@H]1C(=O)Nc1ccnn1-c1ccccc1F)C1CCCCC1. The largest absolute Gasteiger partial charge is 0.344 e. The molecule has 8 nitrogen and oxygen atoms in total. The van der Waals surface area contributed by atoms with Gasteiger partial charge in [-0.15, -0.1) is 0 Å². The third-order valence-corrected chi connectivity index (χ3v) is 7.56. The summed E-state index contributed by atoms with van der Waals surface area (Å²) in [5.74, 6) is -0.866. The van der Waals surface area contributed by atoms with E-state index in [1.807, 2.05) is 13.8 Å². The summed E-state index contributed by atoms with van der Waals surface area (Å²) < 4.78 is 15.7. The van der Waals surface area contributed by atoms with E-state index in [0.717, 1.165) is 32.1 Å². The molecule has 0 bridgehead atoms. The molecule has 9 heteroatoms. The van der Waals surface area contributed by atoms with Crippen LogP contribution >= 0.6 is 0 Å². The molecule has 0 unspecified atom stereocenters. The second-order valence-corrected chi connectivity index (χ2v) is 9.95. The molecule has 2 heterocycles. The number of anilines is 1. The van der Waals surface area contributed by atoms with Gasteiger partial charge < -0.3 is 15.5 Å². The number of carbonyl (C=O) groups excluding carboxylic acids is 3. The molecule has 0 radical (unpaired) electrons.